The molecular formula is C16H27ClN2O. The predicted molar refractivity (Wildman–Crippen MR) is 86.8 cm³/mol. The summed E-state index contributed by atoms with van der Waals surface area (Å²) in [6.45, 7) is 9.70. The Morgan fingerprint density at radius 2 is 1.80 bits per heavy atom. The molecule has 1 aromatic rings. The van der Waals surface area contributed by atoms with Crippen LogP contribution in [0.25, 0.3) is 0 Å². The number of rotatable bonds is 5. The molecule has 114 valence electrons. The normalized spacial score (nSPS) is 12.4. The fourth-order valence-corrected chi connectivity index (χ4v) is 2.01. The van der Waals surface area contributed by atoms with Gasteiger partial charge in [0.05, 0.1) is 0 Å². The molecule has 0 radical (unpaired) electrons. The van der Waals surface area contributed by atoms with E-state index in [9.17, 15) is 4.79 Å². The largest absolute Gasteiger partial charge is 0.338 e. The highest BCUT2D eigenvalue weighted by atomic mass is 35.5. The van der Waals surface area contributed by atoms with Crippen molar-refractivity contribution in [1.29, 1.82) is 0 Å². The zero-order valence-corrected chi connectivity index (χ0v) is 13.7. The van der Waals surface area contributed by atoms with Gasteiger partial charge in [0.15, 0.2) is 0 Å². The number of hydrogen-bond donors (Lipinski definition) is 1. The lowest BCUT2D eigenvalue weighted by Gasteiger charge is -2.30. The van der Waals surface area contributed by atoms with Gasteiger partial charge in [0.2, 0.25) is 5.91 Å². The first-order valence-electron chi connectivity index (χ1n) is 6.85. The highest BCUT2D eigenvalue weighted by Gasteiger charge is 2.21. The van der Waals surface area contributed by atoms with Gasteiger partial charge in [0.25, 0.3) is 0 Å². The van der Waals surface area contributed by atoms with Crippen molar-refractivity contribution < 1.29 is 4.79 Å². The molecule has 0 saturated carbocycles. The summed E-state index contributed by atoms with van der Waals surface area (Å²) in [5, 5.41) is 0. The average Bonchev–Trinajstić information content (AvgIpc) is 2.26. The van der Waals surface area contributed by atoms with Gasteiger partial charge < -0.3 is 10.6 Å². The van der Waals surface area contributed by atoms with E-state index in [1.54, 1.807) is 0 Å². The third-order valence-electron chi connectivity index (χ3n) is 2.73. The monoisotopic (exact) mass is 298 g/mol. The van der Waals surface area contributed by atoms with Crippen LogP contribution in [0.4, 0.5) is 0 Å². The minimum absolute atomic E-state index is 0. The molecule has 1 atom stereocenters. The molecule has 1 rings (SSSR count). The minimum atomic E-state index is -0.0919. The van der Waals surface area contributed by atoms with Gasteiger partial charge >= 0.3 is 0 Å². The zero-order valence-electron chi connectivity index (χ0n) is 12.9. The maximum atomic E-state index is 12.3. The number of nitrogens with zero attached hydrogens (tertiary/aromatic N) is 1. The Hall–Kier alpha value is -1.06. The van der Waals surface area contributed by atoms with Crippen LogP contribution in [0.3, 0.4) is 0 Å². The van der Waals surface area contributed by atoms with Crippen LogP contribution in [0.15, 0.2) is 30.3 Å². The quantitative estimate of drug-likeness (QED) is 0.907. The number of carbonyl (C=O) groups excluding carboxylic acids is 1. The van der Waals surface area contributed by atoms with Crippen LogP contribution in [-0.4, -0.2) is 23.4 Å². The van der Waals surface area contributed by atoms with E-state index in [-0.39, 0.29) is 29.8 Å². The van der Waals surface area contributed by atoms with Crippen LogP contribution < -0.4 is 5.73 Å². The highest BCUT2D eigenvalue weighted by Crippen LogP contribution is 2.18. The molecule has 0 saturated heterocycles. The van der Waals surface area contributed by atoms with E-state index in [1.165, 1.54) is 0 Å². The van der Waals surface area contributed by atoms with Crippen LogP contribution >= 0.6 is 12.4 Å². The van der Waals surface area contributed by atoms with E-state index >= 15 is 0 Å². The minimum Gasteiger partial charge on any atom is -0.338 e. The Bertz CT molecular complexity index is 399. The summed E-state index contributed by atoms with van der Waals surface area (Å²) in [5.41, 5.74) is 6.98. The van der Waals surface area contributed by atoms with Crippen molar-refractivity contribution in [3.8, 4) is 0 Å². The SMILES string of the molecule is CC(N)CC(=O)N(Cc1ccccc1)CC(C)(C)C.Cl. The molecule has 20 heavy (non-hydrogen) atoms. The fourth-order valence-electron chi connectivity index (χ4n) is 2.01. The Morgan fingerprint density at radius 3 is 2.25 bits per heavy atom. The van der Waals surface area contributed by atoms with Gasteiger partial charge in [-0.1, -0.05) is 51.1 Å². The molecule has 0 aliphatic heterocycles. The summed E-state index contributed by atoms with van der Waals surface area (Å²) >= 11 is 0. The molecule has 0 aliphatic rings. The fraction of sp³-hybridized carbons (Fsp3) is 0.562. The number of amides is 1. The van der Waals surface area contributed by atoms with Gasteiger partial charge in [0.1, 0.15) is 0 Å². The molecule has 0 aliphatic carbocycles. The van der Waals surface area contributed by atoms with Crippen LogP contribution in [0.2, 0.25) is 0 Å². The maximum Gasteiger partial charge on any atom is 0.224 e. The topological polar surface area (TPSA) is 46.3 Å². The first-order valence-corrected chi connectivity index (χ1v) is 6.85. The number of benzene rings is 1. The third kappa shape index (κ3) is 7.51. The molecule has 0 spiro atoms. The molecule has 1 aromatic carbocycles. The van der Waals surface area contributed by atoms with Gasteiger partial charge in [-0.2, -0.15) is 0 Å². The molecular weight excluding hydrogens is 272 g/mol. The van der Waals surface area contributed by atoms with Crippen molar-refractivity contribution in [3.63, 3.8) is 0 Å². The van der Waals surface area contributed by atoms with Crippen molar-refractivity contribution in [1.82, 2.24) is 4.90 Å². The number of hydrogen-bond acceptors (Lipinski definition) is 2. The molecule has 2 N–H and O–H groups in total. The molecule has 0 aromatic heterocycles. The van der Waals surface area contributed by atoms with E-state index in [0.717, 1.165) is 12.1 Å². The van der Waals surface area contributed by atoms with Gasteiger partial charge in [-0.3, -0.25) is 4.79 Å². The van der Waals surface area contributed by atoms with E-state index in [1.807, 2.05) is 30.0 Å². The molecule has 0 fully saturated rings. The van der Waals surface area contributed by atoms with Crippen LogP contribution in [-0.2, 0) is 11.3 Å². The third-order valence-corrected chi connectivity index (χ3v) is 2.73. The van der Waals surface area contributed by atoms with Crippen molar-refractivity contribution >= 4 is 18.3 Å². The summed E-state index contributed by atoms with van der Waals surface area (Å²) in [6, 6.07) is 10.00. The second kappa shape index (κ2) is 8.28. The lowest BCUT2D eigenvalue weighted by Crippen LogP contribution is -2.39. The lowest BCUT2D eigenvalue weighted by atomic mass is 9.95. The van der Waals surface area contributed by atoms with Crippen LogP contribution in [0.5, 0.6) is 0 Å². The molecule has 1 amide bonds. The summed E-state index contributed by atoms with van der Waals surface area (Å²) in [4.78, 5) is 14.2. The van der Waals surface area contributed by atoms with Gasteiger partial charge in [-0.15, -0.1) is 12.4 Å². The summed E-state index contributed by atoms with van der Waals surface area (Å²) in [6.07, 6.45) is 0.406. The number of carbonyl (C=O) groups is 1. The van der Waals surface area contributed by atoms with E-state index in [2.05, 4.69) is 32.9 Å². The number of halogens is 1. The zero-order chi connectivity index (χ0) is 14.5. The Morgan fingerprint density at radius 1 is 1.25 bits per heavy atom. The average molecular weight is 299 g/mol. The van der Waals surface area contributed by atoms with Gasteiger partial charge in [-0.05, 0) is 17.9 Å². The second-order valence-corrected chi connectivity index (χ2v) is 6.48. The summed E-state index contributed by atoms with van der Waals surface area (Å²) in [7, 11) is 0. The Balaban J connectivity index is 0.00000361. The molecule has 0 bridgehead atoms. The Labute approximate surface area is 128 Å². The Kier molecular flexibility index (Phi) is 7.84. The predicted octanol–water partition coefficient (Wildman–Crippen LogP) is 3.22. The van der Waals surface area contributed by atoms with Crippen LogP contribution in [0.1, 0.15) is 39.7 Å². The summed E-state index contributed by atoms with van der Waals surface area (Å²) in [5.74, 6) is 0.133. The second-order valence-electron chi connectivity index (χ2n) is 6.48. The van der Waals surface area contributed by atoms with Crippen molar-refractivity contribution in [2.24, 2.45) is 11.1 Å². The number of nitrogens with two attached hydrogens (primary N) is 1. The lowest BCUT2D eigenvalue weighted by molar-refractivity contribution is -0.133. The van der Waals surface area contributed by atoms with Gasteiger partial charge in [-0.25, -0.2) is 0 Å². The van der Waals surface area contributed by atoms with E-state index in [4.69, 9.17) is 5.73 Å². The standard InChI is InChI=1S/C16H26N2O.ClH/c1-13(17)10-15(19)18(12-16(2,3)4)11-14-8-6-5-7-9-14;/h5-9,13H,10-12,17H2,1-4H3;1H. The van der Waals surface area contributed by atoms with Crippen molar-refractivity contribution in [2.45, 2.75) is 46.7 Å². The van der Waals surface area contributed by atoms with Gasteiger partial charge in [0, 0.05) is 25.6 Å². The smallest absolute Gasteiger partial charge is 0.224 e. The molecule has 0 heterocycles. The molecule has 1 unspecified atom stereocenters. The van der Waals surface area contributed by atoms with Crippen molar-refractivity contribution in [2.75, 3.05) is 6.54 Å². The van der Waals surface area contributed by atoms with E-state index < -0.39 is 0 Å². The first-order chi connectivity index (χ1) is 8.78. The van der Waals surface area contributed by atoms with Crippen molar-refractivity contribution in [3.05, 3.63) is 35.9 Å². The maximum absolute atomic E-state index is 12.3. The molecule has 3 nitrogen and oxygen atoms in total. The first kappa shape index (κ1) is 18.9. The molecule has 4 heteroatoms. The summed E-state index contributed by atoms with van der Waals surface area (Å²) < 4.78 is 0. The van der Waals surface area contributed by atoms with E-state index in [0.29, 0.717) is 13.0 Å². The highest BCUT2D eigenvalue weighted by molar-refractivity contribution is 5.85. The van der Waals surface area contributed by atoms with Crippen LogP contribution in [0, 0.1) is 5.41 Å².